The Morgan fingerprint density at radius 3 is 2.40 bits per heavy atom. The molecule has 8 unspecified atom stereocenters. The van der Waals surface area contributed by atoms with Crippen molar-refractivity contribution < 1.29 is 30.3 Å². The molecule has 8 atom stereocenters. The number of carboxylic acids is 1. The van der Waals surface area contributed by atoms with Crippen molar-refractivity contribution in [3.63, 3.8) is 0 Å². The van der Waals surface area contributed by atoms with Crippen LogP contribution in [0.2, 0.25) is 0 Å². The molecule has 2 aliphatic heterocycles. The zero-order valence-corrected chi connectivity index (χ0v) is 30.8. The second-order valence-electron chi connectivity index (χ2n) is 14.9. The first kappa shape index (κ1) is 39.1. The number of benzene rings is 2. The average molecular weight is 724 g/mol. The molecule has 0 saturated heterocycles. The van der Waals surface area contributed by atoms with Crippen LogP contribution in [-0.2, 0) is 30.0 Å². The smallest absolute Gasteiger partial charge is 0.303 e. The monoisotopic (exact) mass is 723 g/mol. The van der Waals surface area contributed by atoms with Crippen molar-refractivity contribution in [3.8, 4) is 0 Å². The summed E-state index contributed by atoms with van der Waals surface area (Å²) >= 11 is 0. The summed E-state index contributed by atoms with van der Waals surface area (Å²) in [6.45, 7) is 0.500. The van der Waals surface area contributed by atoms with Crippen LogP contribution >= 0.6 is 21.6 Å². The Balaban J connectivity index is 1.47. The summed E-state index contributed by atoms with van der Waals surface area (Å²) < 4.78 is 0. The van der Waals surface area contributed by atoms with Crippen LogP contribution in [-0.4, -0.2) is 62.1 Å². The van der Waals surface area contributed by atoms with Gasteiger partial charge in [0.2, 0.25) is 0 Å². The largest absolute Gasteiger partial charge is 0.481 e. The highest BCUT2D eigenvalue weighted by Crippen LogP contribution is 2.46. The van der Waals surface area contributed by atoms with Gasteiger partial charge in [-0.25, -0.2) is 0 Å². The van der Waals surface area contributed by atoms with Crippen molar-refractivity contribution >= 4 is 27.6 Å². The molecule has 2 aliphatic carbocycles. The summed E-state index contributed by atoms with van der Waals surface area (Å²) in [7, 11) is 3.78. The topological polar surface area (TPSA) is 144 Å². The van der Waals surface area contributed by atoms with Crippen LogP contribution in [0, 0.1) is 41.4 Å². The molecule has 0 aromatic heterocycles. The number of carboxylic acid groups (broad SMARTS) is 1. The summed E-state index contributed by atoms with van der Waals surface area (Å²) in [6, 6.07) is 16.8. The van der Waals surface area contributed by atoms with E-state index in [0.717, 1.165) is 49.2 Å². The van der Waals surface area contributed by atoms with E-state index in [1.807, 2.05) is 39.8 Å². The van der Waals surface area contributed by atoms with Gasteiger partial charge in [0, 0.05) is 17.9 Å². The van der Waals surface area contributed by atoms with Crippen LogP contribution < -0.4 is 5.73 Å². The molecule has 9 heteroatoms. The normalized spacial score (nSPS) is 30.4. The fourth-order valence-corrected chi connectivity index (χ4v) is 11.4. The summed E-state index contributed by atoms with van der Waals surface area (Å²) in [5, 5.41) is 52.0. The standard InChI is InChI=1S/C41H57NO6S2/c42-18-17-37-32-11-12-33(38(37)23-40(46)47)21-30-7-1-2-8-34(30)25-49-50-26-35(20-27-5-3-6-28(19-27)24-43)31(22-32)9-4-10-39(45)41(48)29-13-15-36(44)16-14-29/h1-8,10-12,19,29,31-33,35-39,41,43-45,48H,9,13-18,20-26,42H2,(H,46,47). The van der Waals surface area contributed by atoms with E-state index in [0.29, 0.717) is 32.2 Å². The molecule has 2 bridgehead atoms. The number of fused-ring (bicyclic) bond motifs is 7. The SMILES string of the molecule is NCCC1C2C=CC(Cc3ccccc3CSSCC(Cc3cccc(CO)c3)C(CC=CC(O)C(O)C3CCC(O)CC3)C2)C1CC(=O)O. The van der Waals surface area contributed by atoms with Crippen LogP contribution in [0.1, 0.15) is 73.6 Å². The van der Waals surface area contributed by atoms with E-state index >= 15 is 0 Å². The van der Waals surface area contributed by atoms with Gasteiger partial charge < -0.3 is 31.3 Å². The van der Waals surface area contributed by atoms with Gasteiger partial charge in [-0.1, -0.05) is 94.4 Å². The quantitative estimate of drug-likeness (QED) is 0.106. The number of rotatable bonds is 12. The molecular formula is C41H57NO6S2. The zero-order valence-electron chi connectivity index (χ0n) is 29.1. The van der Waals surface area contributed by atoms with Crippen molar-refractivity contribution in [1.82, 2.24) is 0 Å². The minimum absolute atomic E-state index is 0.00533. The van der Waals surface area contributed by atoms with E-state index in [1.54, 1.807) is 6.08 Å². The van der Waals surface area contributed by atoms with E-state index in [9.17, 15) is 30.3 Å². The van der Waals surface area contributed by atoms with Gasteiger partial charge in [0.05, 0.1) is 24.9 Å². The molecule has 4 aliphatic rings. The fourth-order valence-electron chi connectivity index (χ4n) is 8.77. The van der Waals surface area contributed by atoms with Crippen molar-refractivity contribution in [3.05, 3.63) is 95.1 Å². The number of hydrogen-bond donors (Lipinski definition) is 6. The van der Waals surface area contributed by atoms with E-state index in [-0.39, 0.29) is 60.6 Å². The molecule has 7 nitrogen and oxygen atoms in total. The number of nitrogens with two attached hydrogens (primary N) is 1. The second-order valence-corrected chi connectivity index (χ2v) is 17.4. The molecule has 2 aromatic carbocycles. The second kappa shape index (κ2) is 19.6. The number of aliphatic hydroxyl groups is 4. The van der Waals surface area contributed by atoms with Gasteiger partial charge in [-0.15, -0.1) is 0 Å². The highest BCUT2D eigenvalue weighted by molar-refractivity contribution is 8.76. The maximum absolute atomic E-state index is 12.3. The number of aliphatic hydroxyl groups excluding tert-OH is 4. The van der Waals surface area contributed by atoms with E-state index in [2.05, 4.69) is 48.6 Å². The average Bonchev–Trinajstić information content (AvgIpc) is 3.11. The molecule has 274 valence electrons. The molecule has 0 amide bonds. The van der Waals surface area contributed by atoms with Crippen LogP contribution in [0.15, 0.2) is 72.8 Å². The Hall–Kier alpha value is -2.11. The molecule has 2 heterocycles. The Morgan fingerprint density at radius 1 is 0.920 bits per heavy atom. The van der Waals surface area contributed by atoms with Crippen molar-refractivity contribution in [1.29, 1.82) is 0 Å². The Morgan fingerprint density at radius 2 is 1.66 bits per heavy atom. The number of carbonyl (C=O) groups is 1. The van der Waals surface area contributed by atoms with Gasteiger partial charge in [0.15, 0.2) is 0 Å². The Kier molecular flexibility index (Phi) is 15.4. The van der Waals surface area contributed by atoms with Gasteiger partial charge in [-0.2, -0.15) is 0 Å². The van der Waals surface area contributed by atoms with Gasteiger partial charge in [-0.05, 0) is 128 Å². The molecular weight excluding hydrogens is 667 g/mol. The van der Waals surface area contributed by atoms with Gasteiger partial charge >= 0.3 is 5.97 Å². The molecule has 50 heavy (non-hydrogen) atoms. The maximum Gasteiger partial charge on any atom is 0.303 e. The predicted octanol–water partition coefficient (Wildman–Crippen LogP) is 6.56. The minimum Gasteiger partial charge on any atom is -0.481 e. The Bertz CT molecular complexity index is 1410. The highest BCUT2D eigenvalue weighted by Gasteiger charge is 2.39. The van der Waals surface area contributed by atoms with Gasteiger partial charge in [0.25, 0.3) is 0 Å². The summed E-state index contributed by atoms with van der Waals surface area (Å²) in [6.07, 6.45) is 13.2. The first-order valence-corrected chi connectivity index (χ1v) is 21.0. The van der Waals surface area contributed by atoms with Crippen molar-refractivity contribution in [2.24, 2.45) is 47.2 Å². The van der Waals surface area contributed by atoms with Crippen LogP contribution in [0.4, 0.5) is 0 Å². The maximum atomic E-state index is 12.3. The lowest BCUT2D eigenvalue weighted by atomic mass is 9.63. The molecule has 1 fully saturated rings. The lowest BCUT2D eigenvalue weighted by Crippen LogP contribution is -2.37. The third-order valence-electron chi connectivity index (χ3n) is 11.6. The Labute approximate surface area is 306 Å². The van der Waals surface area contributed by atoms with Crippen molar-refractivity contribution in [2.75, 3.05) is 12.3 Å². The van der Waals surface area contributed by atoms with Crippen LogP contribution in [0.5, 0.6) is 0 Å². The van der Waals surface area contributed by atoms with Crippen molar-refractivity contribution in [2.45, 2.75) is 94.9 Å². The summed E-state index contributed by atoms with van der Waals surface area (Å²) in [5.74, 6) is 1.90. The van der Waals surface area contributed by atoms with E-state index < -0.39 is 18.2 Å². The van der Waals surface area contributed by atoms with Gasteiger partial charge in [0.1, 0.15) is 0 Å². The lowest BCUT2D eigenvalue weighted by Gasteiger charge is -2.42. The van der Waals surface area contributed by atoms with E-state index in [4.69, 9.17) is 5.73 Å². The number of allylic oxidation sites excluding steroid dienone is 3. The zero-order chi connectivity index (χ0) is 35.5. The summed E-state index contributed by atoms with van der Waals surface area (Å²) in [4.78, 5) is 12.3. The lowest BCUT2D eigenvalue weighted by molar-refractivity contribution is -0.139. The molecule has 2 aromatic rings. The highest BCUT2D eigenvalue weighted by atomic mass is 33.1. The predicted molar refractivity (Wildman–Crippen MR) is 204 cm³/mol. The molecule has 0 radical (unpaired) electrons. The third kappa shape index (κ3) is 11.0. The number of aliphatic carboxylic acids is 1. The first-order valence-electron chi connectivity index (χ1n) is 18.6. The third-order valence-corrected chi connectivity index (χ3v) is 14.0. The van der Waals surface area contributed by atoms with Gasteiger partial charge in [-0.3, -0.25) is 4.79 Å². The minimum atomic E-state index is -0.973. The van der Waals surface area contributed by atoms with E-state index in [1.165, 1.54) is 16.7 Å². The van der Waals surface area contributed by atoms with Crippen LogP contribution in [0.25, 0.3) is 0 Å². The molecule has 1 saturated carbocycles. The summed E-state index contributed by atoms with van der Waals surface area (Å²) in [5.41, 5.74) is 10.9. The molecule has 7 N–H and O–H groups in total. The first-order chi connectivity index (χ1) is 24.2. The molecule has 6 rings (SSSR count). The molecule has 0 spiro atoms. The van der Waals surface area contributed by atoms with Crippen LogP contribution in [0.3, 0.4) is 0 Å². The fraction of sp³-hybridized carbons (Fsp3) is 0.585. The number of hydrogen-bond acceptors (Lipinski definition) is 8.